The molecule has 1 nitrogen and oxygen atoms in total. The van der Waals surface area contributed by atoms with E-state index in [4.69, 9.17) is 4.74 Å². The van der Waals surface area contributed by atoms with Crippen LogP contribution >= 0.6 is 15.9 Å². The smallest absolute Gasteiger partial charge is 0.0465 e. The molecule has 0 saturated carbocycles. The maximum Gasteiger partial charge on any atom is 0.0465 e. The van der Waals surface area contributed by atoms with Crippen molar-refractivity contribution >= 4 is 15.9 Å². The van der Waals surface area contributed by atoms with Crippen LogP contribution in [0.3, 0.4) is 0 Å². The Labute approximate surface area is 94.6 Å². The Hall–Kier alpha value is -0.340. The summed E-state index contributed by atoms with van der Waals surface area (Å²) in [6.45, 7) is 3.07. The van der Waals surface area contributed by atoms with Crippen molar-refractivity contribution in [2.75, 3.05) is 13.7 Å². The first-order valence-corrected chi connectivity index (χ1v) is 5.85. The largest absolute Gasteiger partial charge is 0.385 e. The third-order valence-electron chi connectivity index (χ3n) is 2.39. The van der Waals surface area contributed by atoms with Gasteiger partial charge >= 0.3 is 0 Å². The summed E-state index contributed by atoms with van der Waals surface area (Å²) in [5.74, 6) is 0.595. The minimum absolute atomic E-state index is 0.429. The van der Waals surface area contributed by atoms with E-state index < -0.39 is 0 Å². The molecule has 1 aromatic rings. The van der Waals surface area contributed by atoms with Gasteiger partial charge < -0.3 is 4.74 Å². The van der Waals surface area contributed by atoms with Crippen molar-refractivity contribution in [1.82, 2.24) is 0 Å². The number of halogens is 1. The fourth-order valence-electron chi connectivity index (χ4n) is 1.42. The molecule has 0 bridgehead atoms. The first-order valence-electron chi connectivity index (χ1n) is 4.93. The van der Waals surface area contributed by atoms with Gasteiger partial charge in [0.25, 0.3) is 0 Å². The summed E-state index contributed by atoms with van der Waals surface area (Å²) in [6, 6.07) is 10.5. The number of benzene rings is 1. The Balaban J connectivity index is 2.52. The van der Waals surface area contributed by atoms with Gasteiger partial charge in [-0.1, -0.05) is 53.2 Å². The molecule has 2 atom stereocenters. The third kappa shape index (κ3) is 3.43. The molecule has 2 heteroatoms. The summed E-state index contributed by atoms with van der Waals surface area (Å²) >= 11 is 3.73. The molecule has 0 N–H and O–H groups in total. The number of methoxy groups -OCH3 is 1. The molecule has 0 spiro atoms. The molecule has 0 amide bonds. The molecular formula is C12H17BrO. The van der Waals surface area contributed by atoms with Gasteiger partial charge in [-0.2, -0.15) is 0 Å². The fourth-order valence-corrected chi connectivity index (χ4v) is 1.99. The van der Waals surface area contributed by atoms with E-state index in [1.807, 2.05) is 6.07 Å². The Kier molecular flexibility index (Phi) is 5.20. The van der Waals surface area contributed by atoms with Crippen LogP contribution in [0.5, 0.6) is 0 Å². The van der Waals surface area contributed by atoms with Crippen LogP contribution in [-0.4, -0.2) is 13.7 Å². The number of hydrogen-bond acceptors (Lipinski definition) is 1. The minimum Gasteiger partial charge on any atom is -0.385 e. The quantitative estimate of drug-likeness (QED) is 0.729. The van der Waals surface area contributed by atoms with E-state index in [1.165, 1.54) is 5.56 Å². The topological polar surface area (TPSA) is 9.23 Å². The molecule has 1 aromatic carbocycles. The monoisotopic (exact) mass is 256 g/mol. The minimum atomic E-state index is 0.429. The van der Waals surface area contributed by atoms with E-state index >= 15 is 0 Å². The number of ether oxygens (including phenoxy) is 1. The van der Waals surface area contributed by atoms with Crippen LogP contribution in [0, 0.1) is 5.92 Å². The Morgan fingerprint density at radius 3 is 2.50 bits per heavy atom. The van der Waals surface area contributed by atoms with Gasteiger partial charge in [0, 0.05) is 18.5 Å². The van der Waals surface area contributed by atoms with Crippen LogP contribution < -0.4 is 0 Å². The summed E-state index contributed by atoms with van der Waals surface area (Å²) in [4.78, 5) is 0.429. The van der Waals surface area contributed by atoms with E-state index in [0.29, 0.717) is 10.7 Å². The average Bonchev–Trinajstić information content (AvgIpc) is 2.26. The Morgan fingerprint density at radius 1 is 1.29 bits per heavy atom. The lowest BCUT2D eigenvalue weighted by Crippen LogP contribution is -2.06. The van der Waals surface area contributed by atoms with Crippen LogP contribution in [-0.2, 0) is 4.74 Å². The number of alkyl halides is 1. The zero-order valence-corrected chi connectivity index (χ0v) is 10.3. The van der Waals surface area contributed by atoms with Gasteiger partial charge in [0.1, 0.15) is 0 Å². The van der Waals surface area contributed by atoms with Gasteiger partial charge in [-0.25, -0.2) is 0 Å². The van der Waals surface area contributed by atoms with Gasteiger partial charge in [-0.05, 0) is 17.9 Å². The molecule has 0 aromatic heterocycles. The standard InChI is InChI=1S/C12H17BrO/c1-10(8-9-14-2)12(13)11-6-4-3-5-7-11/h3-7,10,12H,8-9H2,1-2H3. The molecule has 0 heterocycles. The predicted octanol–water partition coefficient (Wildman–Crippen LogP) is 3.80. The second-order valence-corrected chi connectivity index (χ2v) is 4.56. The lowest BCUT2D eigenvalue weighted by Gasteiger charge is -2.18. The molecule has 0 aliphatic heterocycles. The van der Waals surface area contributed by atoms with Gasteiger partial charge in [-0.3, -0.25) is 0 Å². The molecule has 0 radical (unpaired) electrons. The summed E-state index contributed by atoms with van der Waals surface area (Å²) in [6.07, 6.45) is 1.08. The van der Waals surface area contributed by atoms with E-state index in [0.717, 1.165) is 13.0 Å². The van der Waals surface area contributed by atoms with Crippen LogP contribution in [0.15, 0.2) is 30.3 Å². The highest BCUT2D eigenvalue weighted by Crippen LogP contribution is 2.32. The van der Waals surface area contributed by atoms with Crippen molar-refractivity contribution in [3.8, 4) is 0 Å². The molecule has 0 aliphatic carbocycles. The zero-order chi connectivity index (χ0) is 10.4. The normalized spacial score (nSPS) is 15.1. The van der Waals surface area contributed by atoms with Gasteiger partial charge in [0.05, 0.1) is 0 Å². The van der Waals surface area contributed by atoms with Gasteiger partial charge in [0.15, 0.2) is 0 Å². The summed E-state index contributed by atoms with van der Waals surface area (Å²) < 4.78 is 5.08. The van der Waals surface area contributed by atoms with Crippen molar-refractivity contribution < 1.29 is 4.74 Å². The van der Waals surface area contributed by atoms with Crippen LogP contribution in [0.1, 0.15) is 23.7 Å². The first kappa shape index (κ1) is 11.7. The van der Waals surface area contributed by atoms with Crippen molar-refractivity contribution in [3.63, 3.8) is 0 Å². The van der Waals surface area contributed by atoms with Crippen molar-refractivity contribution in [2.24, 2.45) is 5.92 Å². The molecule has 1 rings (SSSR count). The first-order chi connectivity index (χ1) is 6.75. The van der Waals surface area contributed by atoms with Crippen molar-refractivity contribution in [3.05, 3.63) is 35.9 Å². The van der Waals surface area contributed by atoms with Crippen LogP contribution in [0.25, 0.3) is 0 Å². The molecule has 0 saturated heterocycles. The molecule has 78 valence electrons. The Morgan fingerprint density at radius 2 is 1.93 bits per heavy atom. The highest BCUT2D eigenvalue weighted by molar-refractivity contribution is 9.09. The molecule has 14 heavy (non-hydrogen) atoms. The number of hydrogen-bond donors (Lipinski definition) is 0. The SMILES string of the molecule is COCCC(C)C(Br)c1ccccc1. The van der Waals surface area contributed by atoms with Crippen LogP contribution in [0.4, 0.5) is 0 Å². The van der Waals surface area contributed by atoms with E-state index in [1.54, 1.807) is 7.11 Å². The fraction of sp³-hybridized carbons (Fsp3) is 0.500. The van der Waals surface area contributed by atoms with E-state index in [9.17, 15) is 0 Å². The van der Waals surface area contributed by atoms with Gasteiger partial charge in [0.2, 0.25) is 0 Å². The van der Waals surface area contributed by atoms with Crippen molar-refractivity contribution in [2.45, 2.75) is 18.2 Å². The van der Waals surface area contributed by atoms with Crippen LogP contribution in [0.2, 0.25) is 0 Å². The summed E-state index contributed by atoms with van der Waals surface area (Å²) in [7, 11) is 1.75. The zero-order valence-electron chi connectivity index (χ0n) is 8.74. The molecule has 2 unspecified atom stereocenters. The lowest BCUT2D eigenvalue weighted by molar-refractivity contribution is 0.180. The predicted molar refractivity (Wildman–Crippen MR) is 63.8 cm³/mol. The summed E-state index contributed by atoms with van der Waals surface area (Å²) in [5, 5.41) is 0. The molecular weight excluding hydrogens is 240 g/mol. The number of rotatable bonds is 5. The molecule has 0 fully saturated rings. The average molecular weight is 257 g/mol. The van der Waals surface area contributed by atoms with Gasteiger partial charge in [-0.15, -0.1) is 0 Å². The molecule has 0 aliphatic rings. The third-order valence-corrected chi connectivity index (χ3v) is 3.83. The second kappa shape index (κ2) is 6.20. The van der Waals surface area contributed by atoms with Crippen molar-refractivity contribution in [1.29, 1.82) is 0 Å². The van der Waals surface area contributed by atoms with E-state index in [2.05, 4.69) is 47.1 Å². The highest BCUT2D eigenvalue weighted by Gasteiger charge is 2.14. The van der Waals surface area contributed by atoms with E-state index in [-0.39, 0.29) is 0 Å². The summed E-state index contributed by atoms with van der Waals surface area (Å²) in [5.41, 5.74) is 1.34. The Bertz CT molecular complexity index is 248. The lowest BCUT2D eigenvalue weighted by atomic mass is 9.98. The second-order valence-electron chi connectivity index (χ2n) is 3.57. The maximum atomic E-state index is 5.08. The maximum absolute atomic E-state index is 5.08. The highest BCUT2D eigenvalue weighted by atomic mass is 79.9.